The maximum atomic E-state index is 10.9. The Kier molecular flexibility index (Phi) is 4.04. The molecule has 1 aromatic heterocycles. The maximum Gasteiger partial charge on any atom is 0.371 e. The van der Waals surface area contributed by atoms with Gasteiger partial charge in [0.25, 0.3) is 0 Å². The monoisotopic (exact) mass is 253 g/mol. The topological polar surface area (TPSA) is 62.9 Å². The Morgan fingerprint density at radius 3 is 3.00 bits per heavy atom. The molecular weight excluding hydrogens is 234 g/mol. The fourth-order valence-corrected chi connectivity index (χ4v) is 2.27. The van der Waals surface area contributed by atoms with Crippen LogP contribution in [0.25, 0.3) is 0 Å². The van der Waals surface area contributed by atoms with E-state index in [4.69, 9.17) is 14.3 Å². The van der Waals surface area contributed by atoms with Gasteiger partial charge in [-0.2, -0.15) is 0 Å². The van der Waals surface area contributed by atoms with Gasteiger partial charge in [0.1, 0.15) is 5.76 Å². The first-order chi connectivity index (χ1) is 8.61. The Hall–Kier alpha value is -1.33. The molecule has 2 rings (SSSR count). The molecule has 0 saturated carbocycles. The molecule has 0 bridgehead atoms. The minimum atomic E-state index is -1.02. The zero-order valence-electron chi connectivity index (χ0n) is 10.8. The molecule has 0 aromatic carbocycles. The standard InChI is InChI=1S/C13H19NO4/c1-3-11-8-17-5-4-14(11)7-10-6-12(13(15)16)18-9(10)2/h6,11H,3-5,7-8H2,1-2H3,(H,15,16). The highest BCUT2D eigenvalue weighted by Gasteiger charge is 2.23. The predicted octanol–water partition coefficient (Wildman–Crippen LogP) is 1.90. The molecule has 5 heteroatoms. The summed E-state index contributed by atoms with van der Waals surface area (Å²) >= 11 is 0. The van der Waals surface area contributed by atoms with Crippen LogP contribution in [0.1, 0.15) is 35.2 Å². The number of carboxylic acids is 1. The highest BCUT2D eigenvalue weighted by atomic mass is 16.5. The van der Waals surface area contributed by atoms with Crippen LogP contribution in [-0.2, 0) is 11.3 Å². The van der Waals surface area contributed by atoms with Crippen molar-refractivity contribution in [2.75, 3.05) is 19.8 Å². The van der Waals surface area contributed by atoms with Crippen molar-refractivity contribution < 1.29 is 19.1 Å². The molecule has 1 unspecified atom stereocenters. The van der Waals surface area contributed by atoms with Gasteiger partial charge in [0.15, 0.2) is 0 Å². The van der Waals surface area contributed by atoms with E-state index in [9.17, 15) is 4.79 Å². The number of nitrogens with zero attached hydrogens (tertiary/aromatic N) is 1. The number of hydrogen-bond acceptors (Lipinski definition) is 4. The average molecular weight is 253 g/mol. The Morgan fingerprint density at radius 2 is 2.39 bits per heavy atom. The van der Waals surface area contributed by atoms with Crippen molar-refractivity contribution >= 4 is 5.97 Å². The average Bonchev–Trinajstić information content (AvgIpc) is 2.72. The van der Waals surface area contributed by atoms with Crippen molar-refractivity contribution in [2.24, 2.45) is 0 Å². The number of furan rings is 1. The summed E-state index contributed by atoms with van der Waals surface area (Å²) in [6.45, 7) is 7.04. The quantitative estimate of drug-likeness (QED) is 0.887. The van der Waals surface area contributed by atoms with Gasteiger partial charge in [-0.3, -0.25) is 4.90 Å². The van der Waals surface area contributed by atoms with Crippen molar-refractivity contribution in [1.82, 2.24) is 4.90 Å². The lowest BCUT2D eigenvalue weighted by atomic mass is 10.1. The number of aromatic carboxylic acids is 1. The Labute approximate surface area is 106 Å². The molecule has 100 valence electrons. The van der Waals surface area contributed by atoms with Crippen molar-refractivity contribution in [1.29, 1.82) is 0 Å². The van der Waals surface area contributed by atoms with Gasteiger partial charge in [0.05, 0.1) is 13.2 Å². The van der Waals surface area contributed by atoms with Gasteiger partial charge >= 0.3 is 5.97 Å². The van der Waals surface area contributed by atoms with E-state index < -0.39 is 5.97 Å². The summed E-state index contributed by atoms with van der Waals surface area (Å²) in [4.78, 5) is 13.2. The third-order valence-electron chi connectivity index (χ3n) is 3.43. The predicted molar refractivity (Wildman–Crippen MR) is 65.7 cm³/mol. The fraction of sp³-hybridized carbons (Fsp3) is 0.615. The van der Waals surface area contributed by atoms with Crippen molar-refractivity contribution in [3.05, 3.63) is 23.2 Å². The number of aryl methyl sites for hydroxylation is 1. The van der Waals surface area contributed by atoms with Gasteiger partial charge in [0, 0.05) is 24.7 Å². The second kappa shape index (κ2) is 5.54. The SMILES string of the molecule is CCC1COCCN1Cc1cc(C(=O)O)oc1C. The molecule has 1 aliphatic rings. The second-order valence-electron chi connectivity index (χ2n) is 4.60. The summed E-state index contributed by atoms with van der Waals surface area (Å²) in [6.07, 6.45) is 1.03. The summed E-state index contributed by atoms with van der Waals surface area (Å²) in [5.41, 5.74) is 0.952. The Morgan fingerprint density at radius 1 is 1.61 bits per heavy atom. The number of carboxylic acid groups (broad SMARTS) is 1. The van der Waals surface area contributed by atoms with E-state index in [1.807, 2.05) is 6.92 Å². The van der Waals surface area contributed by atoms with Crippen LogP contribution < -0.4 is 0 Å². The molecule has 1 saturated heterocycles. The van der Waals surface area contributed by atoms with Crippen LogP contribution in [0.3, 0.4) is 0 Å². The van der Waals surface area contributed by atoms with Gasteiger partial charge in [-0.25, -0.2) is 4.79 Å². The lowest BCUT2D eigenvalue weighted by Crippen LogP contribution is -2.44. The van der Waals surface area contributed by atoms with Crippen LogP contribution in [0.15, 0.2) is 10.5 Å². The molecule has 1 atom stereocenters. The number of morpholine rings is 1. The first-order valence-electron chi connectivity index (χ1n) is 6.26. The number of ether oxygens (including phenoxy) is 1. The third kappa shape index (κ3) is 2.73. The van der Waals surface area contributed by atoms with Crippen LogP contribution in [0.2, 0.25) is 0 Å². The first-order valence-corrected chi connectivity index (χ1v) is 6.26. The van der Waals surface area contributed by atoms with Crippen molar-refractivity contribution in [3.63, 3.8) is 0 Å². The lowest BCUT2D eigenvalue weighted by Gasteiger charge is -2.34. The molecule has 0 aliphatic carbocycles. The van der Waals surface area contributed by atoms with Crippen molar-refractivity contribution in [2.45, 2.75) is 32.9 Å². The fourth-order valence-electron chi connectivity index (χ4n) is 2.27. The van der Waals surface area contributed by atoms with E-state index in [0.29, 0.717) is 11.8 Å². The smallest absolute Gasteiger partial charge is 0.371 e. The molecular formula is C13H19NO4. The minimum Gasteiger partial charge on any atom is -0.475 e. The molecule has 0 amide bonds. The number of carbonyl (C=O) groups is 1. The van der Waals surface area contributed by atoms with E-state index in [-0.39, 0.29) is 5.76 Å². The lowest BCUT2D eigenvalue weighted by molar-refractivity contribution is -0.0129. The van der Waals surface area contributed by atoms with Gasteiger partial charge in [-0.05, 0) is 19.4 Å². The number of hydrogen-bond donors (Lipinski definition) is 1. The summed E-state index contributed by atoms with van der Waals surface area (Å²) < 4.78 is 10.7. The zero-order chi connectivity index (χ0) is 13.1. The molecule has 0 radical (unpaired) electrons. The molecule has 1 aliphatic heterocycles. The van der Waals surface area contributed by atoms with Crippen LogP contribution in [0, 0.1) is 6.92 Å². The van der Waals surface area contributed by atoms with Crippen LogP contribution in [0.4, 0.5) is 0 Å². The largest absolute Gasteiger partial charge is 0.475 e. The summed E-state index contributed by atoms with van der Waals surface area (Å²) in [7, 11) is 0. The molecule has 1 fully saturated rings. The summed E-state index contributed by atoms with van der Waals surface area (Å²) in [5, 5.41) is 8.90. The van der Waals surface area contributed by atoms with E-state index in [1.54, 1.807) is 6.07 Å². The van der Waals surface area contributed by atoms with Gasteiger partial charge < -0.3 is 14.3 Å². The van der Waals surface area contributed by atoms with Crippen LogP contribution in [-0.4, -0.2) is 41.8 Å². The molecule has 1 aromatic rings. The summed E-state index contributed by atoms with van der Waals surface area (Å²) in [5.74, 6) is -0.309. The van der Waals surface area contributed by atoms with E-state index >= 15 is 0 Å². The first kappa shape index (κ1) is 13.1. The normalized spacial score (nSPS) is 21.1. The van der Waals surface area contributed by atoms with E-state index in [0.717, 1.165) is 38.3 Å². The molecule has 2 heterocycles. The second-order valence-corrected chi connectivity index (χ2v) is 4.60. The van der Waals surface area contributed by atoms with Gasteiger partial charge in [-0.1, -0.05) is 6.92 Å². The molecule has 18 heavy (non-hydrogen) atoms. The molecule has 5 nitrogen and oxygen atoms in total. The van der Waals surface area contributed by atoms with Crippen molar-refractivity contribution in [3.8, 4) is 0 Å². The van der Waals surface area contributed by atoms with Gasteiger partial charge in [0.2, 0.25) is 5.76 Å². The zero-order valence-corrected chi connectivity index (χ0v) is 10.8. The van der Waals surface area contributed by atoms with Crippen LogP contribution in [0.5, 0.6) is 0 Å². The molecule has 0 spiro atoms. The highest BCUT2D eigenvalue weighted by molar-refractivity contribution is 5.84. The Balaban J connectivity index is 2.10. The maximum absolute atomic E-state index is 10.9. The van der Waals surface area contributed by atoms with Gasteiger partial charge in [-0.15, -0.1) is 0 Å². The molecule has 1 N–H and O–H groups in total. The minimum absolute atomic E-state index is 0.0174. The van der Waals surface area contributed by atoms with E-state index in [1.165, 1.54) is 0 Å². The Bertz CT molecular complexity index is 427. The van der Waals surface area contributed by atoms with Crippen LogP contribution >= 0.6 is 0 Å². The number of rotatable bonds is 4. The highest BCUT2D eigenvalue weighted by Crippen LogP contribution is 2.20. The summed E-state index contributed by atoms with van der Waals surface area (Å²) in [6, 6.07) is 2.03. The third-order valence-corrected chi connectivity index (χ3v) is 3.43. The van der Waals surface area contributed by atoms with E-state index in [2.05, 4.69) is 11.8 Å².